The lowest BCUT2D eigenvalue weighted by Gasteiger charge is -2.13. The third-order valence-electron chi connectivity index (χ3n) is 2.84. The van der Waals surface area contributed by atoms with E-state index in [1.165, 1.54) is 12.1 Å². The first-order valence-corrected chi connectivity index (χ1v) is 5.55. The van der Waals surface area contributed by atoms with Crippen molar-refractivity contribution in [1.29, 1.82) is 0 Å². The van der Waals surface area contributed by atoms with Gasteiger partial charge in [-0.3, -0.25) is 0 Å². The zero-order chi connectivity index (χ0) is 12.6. The number of hydrogen-bond donors (Lipinski definition) is 1. The summed E-state index contributed by atoms with van der Waals surface area (Å²) in [5, 5.41) is 0.809. The van der Waals surface area contributed by atoms with E-state index in [4.69, 9.17) is 5.73 Å². The van der Waals surface area contributed by atoms with Crippen LogP contribution in [0, 0.1) is 5.82 Å². The SMILES string of the molecule is C=Cc1c(F)ccc2nc(N)cc(C(C)C)c12. The van der Waals surface area contributed by atoms with E-state index in [2.05, 4.69) is 11.6 Å². The number of halogens is 1. The summed E-state index contributed by atoms with van der Waals surface area (Å²) in [5.41, 5.74) is 7.97. The minimum absolute atomic E-state index is 0.253. The van der Waals surface area contributed by atoms with Gasteiger partial charge in [0.15, 0.2) is 0 Å². The molecule has 0 aliphatic carbocycles. The van der Waals surface area contributed by atoms with E-state index in [-0.39, 0.29) is 11.7 Å². The van der Waals surface area contributed by atoms with Gasteiger partial charge in [-0.1, -0.05) is 26.5 Å². The molecule has 0 spiro atoms. The Morgan fingerprint density at radius 1 is 1.41 bits per heavy atom. The minimum atomic E-state index is -0.277. The van der Waals surface area contributed by atoms with Gasteiger partial charge in [0, 0.05) is 10.9 Å². The van der Waals surface area contributed by atoms with Crippen LogP contribution in [0.5, 0.6) is 0 Å². The molecule has 0 atom stereocenters. The van der Waals surface area contributed by atoms with Gasteiger partial charge in [0.2, 0.25) is 0 Å². The second-order valence-electron chi connectivity index (χ2n) is 4.35. The molecule has 2 N–H and O–H groups in total. The molecule has 0 aliphatic rings. The highest BCUT2D eigenvalue weighted by Gasteiger charge is 2.13. The van der Waals surface area contributed by atoms with E-state index < -0.39 is 0 Å². The molecule has 2 nitrogen and oxygen atoms in total. The molecule has 1 aromatic heterocycles. The number of fused-ring (bicyclic) bond motifs is 1. The molecule has 2 rings (SSSR count). The van der Waals surface area contributed by atoms with Crippen molar-refractivity contribution < 1.29 is 4.39 Å². The van der Waals surface area contributed by atoms with Gasteiger partial charge in [0.25, 0.3) is 0 Å². The average Bonchev–Trinajstić information content (AvgIpc) is 2.28. The van der Waals surface area contributed by atoms with Gasteiger partial charge in [-0.05, 0) is 29.7 Å². The molecule has 0 radical (unpaired) electrons. The Hall–Kier alpha value is -1.90. The van der Waals surface area contributed by atoms with Crippen LogP contribution in [-0.4, -0.2) is 4.98 Å². The van der Waals surface area contributed by atoms with Gasteiger partial charge in [-0.25, -0.2) is 9.37 Å². The first kappa shape index (κ1) is 11.6. The lowest BCUT2D eigenvalue weighted by atomic mass is 9.95. The lowest BCUT2D eigenvalue weighted by molar-refractivity contribution is 0.627. The molecular weight excluding hydrogens is 215 g/mol. The predicted molar refractivity (Wildman–Crippen MR) is 70.3 cm³/mol. The Labute approximate surface area is 100.0 Å². The molecule has 0 saturated carbocycles. The van der Waals surface area contributed by atoms with Crippen LogP contribution in [0.15, 0.2) is 24.8 Å². The molecule has 1 heterocycles. The number of benzene rings is 1. The van der Waals surface area contributed by atoms with Crippen LogP contribution in [0.3, 0.4) is 0 Å². The maximum Gasteiger partial charge on any atom is 0.131 e. The zero-order valence-corrected chi connectivity index (χ0v) is 10.00. The normalized spacial score (nSPS) is 11.1. The van der Waals surface area contributed by atoms with Crippen molar-refractivity contribution >= 4 is 22.8 Å². The number of hydrogen-bond acceptors (Lipinski definition) is 2. The Bertz CT molecular complexity index is 588. The summed E-state index contributed by atoms with van der Waals surface area (Å²) in [7, 11) is 0. The van der Waals surface area contributed by atoms with Gasteiger partial charge < -0.3 is 5.73 Å². The molecule has 0 unspecified atom stereocenters. The predicted octanol–water partition coefficient (Wildman–Crippen LogP) is 3.72. The average molecular weight is 230 g/mol. The van der Waals surface area contributed by atoms with Crippen LogP contribution < -0.4 is 5.73 Å². The Balaban J connectivity index is 2.96. The fourth-order valence-corrected chi connectivity index (χ4v) is 2.04. The van der Waals surface area contributed by atoms with Crippen LogP contribution >= 0.6 is 0 Å². The minimum Gasteiger partial charge on any atom is -0.384 e. The lowest BCUT2D eigenvalue weighted by Crippen LogP contribution is -1.99. The highest BCUT2D eigenvalue weighted by Crippen LogP contribution is 2.30. The van der Waals surface area contributed by atoms with Crippen molar-refractivity contribution in [3.05, 3.63) is 41.7 Å². The van der Waals surface area contributed by atoms with Gasteiger partial charge in [0.1, 0.15) is 11.6 Å². The molecule has 17 heavy (non-hydrogen) atoms. The number of anilines is 1. The van der Waals surface area contributed by atoms with Crippen LogP contribution in [0.25, 0.3) is 17.0 Å². The Morgan fingerprint density at radius 2 is 2.12 bits per heavy atom. The maximum absolute atomic E-state index is 13.7. The number of rotatable bonds is 2. The maximum atomic E-state index is 13.7. The van der Waals surface area contributed by atoms with Gasteiger partial charge in [0.05, 0.1) is 5.52 Å². The second kappa shape index (κ2) is 4.17. The first-order chi connectivity index (χ1) is 8.04. The van der Waals surface area contributed by atoms with Crippen LogP contribution in [0.2, 0.25) is 0 Å². The number of pyridine rings is 1. The molecule has 0 fully saturated rings. The van der Waals surface area contributed by atoms with Gasteiger partial charge >= 0.3 is 0 Å². The third kappa shape index (κ3) is 1.88. The van der Waals surface area contributed by atoms with Crippen molar-refractivity contribution in [1.82, 2.24) is 4.98 Å². The quantitative estimate of drug-likeness (QED) is 0.853. The summed E-state index contributed by atoms with van der Waals surface area (Å²) in [5.74, 6) is 0.437. The van der Waals surface area contributed by atoms with Crippen molar-refractivity contribution in [2.75, 3.05) is 5.73 Å². The number of nitrogen functional groups attached to an aromatic ring is 1. The van der Waals surface area contributed by atoms with Crippen LogP contribution in [-0.2, 0) is 0 Å². The Morgan fingerprint density at radius 3 is 2.71 bits per heavy atom. The molecule has 0 saturated heterocycles. The van der Waals surface area contributed by atoms with Crippen LogP contribution in [0.4, 0.5) is 10.2 Å². The highest BCUT2D eigenvalue weighted by molar-refractivity contribution is 5.92. The van der Waals surface area contributed by atoms with Gasteiger partial charge in [-0.2, -0.15) is 0 Å². The highest BCUT2D eigenvalue weighted by atomic mass is 19.1. The topological polar surface area (TPSA) is 38.9 Å². The molecule has 0 aliphatic heterocycles. The number of nitrogens with two attached hydrogens (primary N) is 1. The van der Waals surface area contributed by atoms with Crippen molar-refractivity contribution in [3.8, 4) is 0 Å². The standard InChI is InChI=1S/C14H15FN2/c1-4-9-11(15)5-6-12-14(9)10(8(2)3)7-13(16)17-12/h4-8H,1H2,2-3H3,(H2,16,17). The summed E-state index contributed by atoms with van der Waals surface area (Å²) < 4.78 is 13.7. The summed E-state index contributed by atoms with van der Waals surface area (Å²) in [4.78, 5) is 4.23. The van der Waals surface area contributed by atoms with E-state index in [0.29, 0.717) is 16.9 Å². The number of aromatic nitrogens is 1. The summed E-state index contributed by atoms with van der Waals surface area (Å²) in [6.45, 7) is 7.76. The van der Waals surface area contributed by atoms with E-state index >= 15 is 0 Å². The van der Waals surface area contributed by atoms with Crippen LogP contribution in [0.1, 0.15) is 30.9 Å². The first-order valence-electron chi connectivity index (χ1n) is 5.55. The van der Waals surface area contributed by atoms with Crippen molar-refractivity contribution in [2.24, 2.45) is 0 Å². The second-order valence-corrected chi connectivity index (χ2v) is 4.35. The van der Waals surface area contributed by atoms with E-state index in [9.17, 15) is 4.39 Å². The van der Waals surface area contributed by atoms with Crippen molar-refractivity contribution in [2.45, 2.75) is 19.8 Å². The summed E-state index contributed by atoms with van der Waals surface area (Å²) in [6, 6.07) is 4.86. The smallest absolute Gasteiger partial charge is 0.131 e. The van der Waals surface area contributed by atoms with E-state index in [1.807, 2.05) is 13.8 Å². The molecule has 88 valence electrons. The largest absolute Gasteiger partial charge is 0.384 e. The molecular formula is C14H15FN2. The fourth-order valence-electron chi connectivity index (χ4n) is 2.04. The Kier molecular flexibility index (Phi) is 2.84. The number of nitrogens with zero attached hydrogens (tertiary/aromatic N) is 1. The summed E-state index contributed by atoms with van der Waals surface area (Å²) >= 11 is 0. The fraction of sp³-hybridized carbons (Fsp3) is 0.214. The molecule has 0 amide bonds. The molecule has 1 aromatic carbocycles. The molecule has 3 heteroatoms. The monoisotopic (exact) mass is 230 g/mol. The summed E-state index contributed by atoms with van der Waals surface area (Å²) in [6.07, 6.45) is 1.53. The van der Waals surface area contributed by atoms with E-state index in [1.54, 1.807) is 12.1 Å². The molecule has 0 bridgehead atoms. The van der Waals surface area contributed by atoms with Crippen molar-refractivity contribution in [3.63, 3.8) is 0 Å². The zero-order valence-electron chi connectivity index (χ0n) is 10.00. The molecule has 2 aromatic rings. The van der Waals surface area contributed by atoms with E-state index in [0.717, 1.165) is 10.9 Å². The third-order valence-corrected chi connectivity index (χ3v) is 2.84. The van der Waals surface area contributed by atoms with Gasteiger partial charge in [-0.15, -0.1) is 0 Å².